The van der Waals surface area contributed by atoms with Crippen molar-refractivity contribution in [1.29, 1.82) is 0 Å². The minimum absolute atomic E-state index is 0.0126. The molecule has 0 spiro atoms. The summed E-state index contributed by atoms with van der Waals surface area (Å²) in [6.07, 6.45) is 2.24. The lowest BCUT2D eigenvalue weighted by Crippen LogP contribution is -3.11. The van der Waals surface area contributed by atoms with Crippen molar-refractivity contribution < 1.29 is 14.4 Å². The van der Waals surface area contributed by atoms with Gasteiger partial charge in [-0.1, -0.05) is 42.5 Å². The number of thiophene rings is 1. The Balaban J connectivity index is 1.68. The van der Waals surface area contributed by atoms with Crippen LogP contribution in [0.4, 0.5) is 5.69 Å². The van der Waals surface area contributed by atoms with E-state index in [0.29, 0.717) is 11.8 Å². The largest absolute Gasteiger partial charge is 0.495 e. The number of hydrogen-bond acceptors (Lipinski definition) is 3. The van der Waals surface area contributed by atoms with Gasteiger partial charge >= 0.3 is 0 Å². The Morgan fingerprint density at radius 1 is 1.17 bits per heavy atom. The number of aryl methyl sites for hydroxylation is 1. The number of likely N-dealkylation sites (tertiary alicyclic amines) is 1. The zero-order chi connectivity index (χ0) is 20.2. The number of amides is 1. The van der Waals surface area contributed by atoms with E-state index in [1.54, 1.807) is 18.4 Å². The van der Waals surface area contributed by atoms with Crippen LogP contribution in [0.5, 0.6) is 5.75 Å². The number of anilines is 1. The van der Waals surface area contributed by atoms with Crippen molar-refractivity contribution in [2.24, 2.45) is 0 Å². The van der Waals surface area contributed by atoms with Crippen LogP contribution in [0.3, 0.4) is 0 Å². The summed E-state index contributed by atoms with van der Waals surface area (Å²) in [5.41, 5.74) is 2.86. The highest BCUT2D eigenvalue weighted by atomic mass is 32.1. The summed E-state index contributed by atoms with van der Waals surface area (Å²) in [5, 5.41) is 5.29. The molecule has 5 heteroatoms. The zero-order valence-electron chi connectivity index (χ0n) is 16.9. The third-order valence-corrected chi connectivity index (χ3v) is 6.66. The van der Waals surface area contributed by atoms with Gasteiger partial charge in [0.25, 0.3) is 5.91 Å². The van der Waals surface area contributed by atoms with E-state index in [2.05, 4.69) is 35.0 Å². The lowest BCUT2D eigenvalue weighted by Gasteiger charge is -2.29. The molecule has 1 fully saturated rings. The molecule has 1 amide bonds. The van der Waals surface area contributed by atoms with Crippen molar-refractivity contribution in [1.82, 2.24) is 0 Å². The Labute approximate surface area is 176 Å². The number of carbonyl (C=O) groups excluding carboxylic acids is 1. The van der Waals surface area contributed by atoms with Crippen LogP contribution < -0.4 is 15.0 Å². The van der Waals surface area contributed by atoms with E-state index < -0.39 is 0 Å². The van der Waals surface area contributed by atoms with Gasteiger partial charge < -0.3 is 15.0 Å². The zero-order valence-corrected chi connectivity index (χ0v) is 17.7. The normalized spacial score (nSPS) is 19.7. The van der Waals surface area contributed by atoms with Crippen LogP contribution in [0.15, 0.2) is 66.0 Å². The fourth-order valence-corrected chi connectivity index (χ4v) is 5.24. The van der Waals surface area contributed by atoms with Crippen LogP contribution >= 0.6 is 11.3 Å². The molecule has 2 aromatic carbocycles. The SMILES string of the molecule is COc1ccc(C)cc1NC(=O)[C@@H](c1ccccc1)[NH+]1CCC[C@@H]1c1cccs1. The second kappa shape index (κ2) is 8.80. The van der Waals surface area contributed by atoms with Gasteiger partial charge in [0, 0.05) is 18.4 Å². The Morgan fingerprint density at radius 3 is 2.72 bits per heavy atom. The van der Waals surface area contributed by atoms with E-state index in [1.165, 1.54) is 9.78 Å². The molecule has 0 bridgehead atoms. The number of methoxy groups -OCH3 is 1. The molecular formula is C24H27N2O2S+. The van der Waals surface area contributed by atoms with E-state index in [4.69, 9.17) is 4.74 Å². The van der Waals surface area contributed by atoms with E-state index in [-0.39, 0.29) is 11.9 Å². The molecule has 1 aliphatic rings. The lowest BCUT2D eigenvalue weighted by molar-refractivity contribution is -0.939. The minimum Gasteiger partial charge on any atom is -0.495 e. The Kier molecular flexibility index (Phi) is 5.97. The van der Waals surface area contributed by atoms with Gasteiger partial charge in [0.2, 0.25) is 0 Å². The van der Waals surface area contributed by atoms with Crippen LogP contribution in [0.2, 0.25) is 0 Å². The van der Waals surface area contributed by atoms with Gasteiger partial charge in [0.1, 0.15) is 11.8 Å². The number of nitrogens with one attached hydrogen (secondary N) is 2. The molecule has 1 unspecified atom stereocenters. The molecule has 0 radical (unpaired) electrons. The maximum atomic E-state index is 13.6. The molecule has 3 atom stereocenters. The minimum atomic E-state index is -0.268. The number of ether oxygens (including phenoxy) is 1. The highest BCUT2D eigenvalue weighted by Gasteiger charge is 2.41. The third kappa shape index (κ3) is 4.21. The molecule has 150 valence electrons. The van der Waals surface area contributed by atoms with Crippen LogP contribution in [-0.2, 0) is 4.79 Å². The van der Waals surface area contributed by atoms with Crippen molar-refractivity contribution in [2.45, 2.75) is 31.8 Å². The van der Waals surface area contributed by atoms with Gasteiger partial charge in [-0.25, -0.2) is 0 Å². The molecule has 2 heterocycles. The van der Waals surface area contributed by atoms with Gasteiger partial charge in [-0.15, -0.1) is 11.3 Å². The van der Waals surface area contributed by atoms with E-state index in [9.17, 15) is 4.79 Å². The first-order valence-corrected chi connectivity index (χ1v) is 10.9. The fraction of sp³-hybridized carbons (Fsp3) is 0.292. The molecule has 0 saturated carbocycles. The molecule has 1 aliphatic heterocycles. The number of hydrogen-bond donors (Lipinski definition) is 2. The predicted molar refractivity (Wildman–Crippen MR) is 118 cm³/mol. The predicted octanol–water partition coefficient (Wildman–Crippen LogP) is 4.16. The molecule has 4 rings (SSSR count). The Hall–Kier alpha value is -2.63. The Bertz CT molecular complexity index is 956. The summed E-state index contributed by atoms with van der Waals surface area (Å²) in [7, 11) is 1.63. The highest BCUT2D eigenvalue weighted by molar-refractivity contribution is 7.10. The smallest absolute Gasteiger partial charge is 0.287 e. The topological polar surface area (TPSA) is 42.8 Å². The summed E-state index contributed by atoms with van der Waals surface area (Å²) in [6, 6.07) is 20.4. The van der Waals surface area contributed by atoms with E-state index in [1.807, 2.05) is 43.3 Å². The summed E-state index contributed by atoms with van der Waals surface area (Å²) < 4.78 is 5.47. The molecule has 1 aromatic heterocycles. The van der Waals surface area contributed by atoms with Crippen LogP contribution in [-0.4, -0.2) is 19.6 Å². The van der Waals surface area contributed by atoms with Crippen molar-refractivity contribution in [3.63, 3.8) is 0 Å². The highest BCUT2D eigenvalue weighted by Crippen LogP contribution is 2.29. The molecular weight excluding hydrogens is 380 g/mol. The van der Waals surface area contributed by atoms with Gasteiger partial charge in [-0.2, -0.15) is 0 Å². The first-order chi connectivity index (χ1) is 14.2. The molecule has 0 aliphatic carbocycles. The van der Waals surface area contributed by atoms with Gasteiger partial charge in [0.15, 0.2) is 6.04 Å². The number of rotatable bonds is 6. The van der Waals surface area contributed by atoms with Crippen molar-refractivity contribution in [3.8, 4) is 5.75 Å². The van der Waals surface area contributed by atoms with E-state index >= 15 is 0 Å². The summed E-state index contributed by atoms with van der Waals surface area (Å²) >= 11 is 1.79. The number of quaternary nitrogens is 1. The van der Waals surface area contributed by atoms with Crippen molar-refractivity contribution in [3.05, 3.63) is 82.0 Å². The average Bonchev–Trinajstić information content (AvgIpc) is 3.41. The first kappa shape index (κ1) is 19.7. The van der Waals surface area contributed by atoms with Gasteiger partial charge in [-0.05, 0) is 36.1 Å². The molecule has 2 N–H and O–H groups in total. The first-order valence-electron chi connectivity index (χ1n) is 10.1. The second-order valence-electron chi connectivity index (χ2n) is 7.57. The summed E-state index contributed by atoms with van der Waals surface area (Å²) in [6.45, 7) is 3.00. The standard InChI is InChI=1S/C24H26N2O2S/c1-17-12-13-21(28-2)19(16-17)25-24(27)23(18-8-4-3-5-9-18)26-14-6-10-20(26)22-11-7-15-29-22/h3-5,7-9,11-13,15-16,20,23H,6,10,14H2,1-2H3,(H,25,27)/p+1/t20-,23-/m1/s1. The Morgan fingerprint density at radius 2 is 2.00 bits per heavy atom. The van der Waals surface area contributed by atoms with Crippen molar-refractivity contribution >= 4 is 22.9 Å². The van der Waals surface area contributed by atoms with Gasteiger partial charge in [-0.3, -0.25) is 4.79 Å². The maximum Gasteiger partial charge on any atom is 0.287 e. The molecule has 3 aromatic rings. The average molecular weight is 408 g/mol. The monoisotopic (exact) mass is 407 g/mol. The second-order valence-corrected chi connectivity index (χ2v) is 8.55. The molecule has 1 saturated heterocycles. The lowest BCUT2D eigenvalue weighted by atomic mass is 10.0. The van der Waals surface area contributed by atoms with Crippen LogP contribution in [0, 0.1) is 6.92 Å². The van der Waals surface area contributed by atoms with E-state index in [0.717, 1.165) is 36.2 Å². The number of carbonyl (C=O) groups is 1. The molecule has 4 nitrogen and oxygen atoms in total. The quantitative estimate of drug-likeness (QED) is 0.644. The van der Waals surface area contributed by atoms with Crippen LogP contribution in [0.25, 0.3) is 0 Å². The van der Waals surface area contributed by atoms with Crippen LogP contribution in [0.1, 0.15) is 40.9 Å². The fourth-order valence-electron chi connectivity index (χ4n) is 4.33. The maximum absolute atomic E-state index is 13.6. The molecule has 29 heavy (non-hydrogen) atoms. The summed E-state index contributed by atoms with van der Waals surface area (Å²) in [4.78, 5) is 16.3. The third-order valence-electron chi connectivity index (χ3n) is 5.67. The number of benzene rings is 2. The van der Waals surface area contributed by atoms with Crippen molar-refractivity contribution in [2.75, 3.05) is 19.0 Å². The summed E-state index contributed by atoms with van der Waals surface area (Å²) in [5.74, 6) is 0.695. The van der Waals surface area contributed by atoms with Gasteiger partial charge in [0.05, 0.1) is 24.2 Å².